The summed E-state index contributed by atoms with van der Waals surface area (Å²) in [7, 11) is 1.69. The van der Waals surface area contributed by atoms with E-state index >= 15 is 0 Å². The molecular weight excluding hydrogens is 258 g/mol. The molecule has 2 aromatic heterocycles. The average Bonchev–Trinajstić information content (AvgIpc) is 2.97. The zero-order valence-corrected chi connectivity index (χ0v) is 12.4. The van der Waals surface area contributed by atoms with Crippen LogP contribution in [0.25, 0.3) is 10.2 Å². The van der Waals surface area contributed by atoms with Crippen LogP contribution in [0.2, 0.25) is 0 Å². The molecule has 19 heavy (non-hydrogen) atoms. The zero-order chi connectivity index (χ0) is 13.4. The summed E-state index contributed by atoms with van der Waals surface area (Å²) in [6.07, 6.45) is 3.55. The molecule has 4 nitrogen and oxygen atoms in total. The molecule has 1 N–H and O–H groups in total. The Hall–Kier alpha value is -1.20. The van der Waals surface area contributed by atoms with Gasteiger partial charge in [0.1, 0.15) is 16.8 Å². The molecule has 0 saturated carbocycles. The molecule has 1 aliphatic carbocycles. The second-order valence-electron chi connectivity index (χ2n) is 4.88. The van der Waals surface area contributed by atoms with E-state index in [0.717, 1.165) is 29.4 Å². The van der Waals surface area contributed by atoms with E-state index in [1.54, 1.807) is 7.11 Å². The molecule has 1 unspecified atom stereocenters. The highest BCUT2D eigenvalue weighted by Gasteiger charge is 2.23. The number of nitrogens with zero attached hydrogens (tertiary/aromatic N) is 2. The Morgan fingerprint density at radius 2 is 2.21 bits per heavy atom. The number of anilines is 1. The normalized spacial score (nSPS) is 15.7. The predicted octanol–water partition coefficient (Wildman–Crippen LogP) is 3.32. The summed E-state index contributed by atoms with van der Waals surface area (Å²) in [5.41, 5.74) is 1.47. The first kappa shape index (κ1) is 12.8. The molecule has 0 saturated heterocycles. The first-order valence-corrected chi connectivity index (χ1v) is 7.65. The van der Waals surface area contributed by atoms with Gasteiger partial charge >= 0.3 is 0 Å². The van der Waals surface area contributed by atoms with E-state index in [-0.39, 0.29) is 6.10 Å². The number of nitrogens with one attached hydrogen (secondary N) is 1. The molecule has 2 aromatic rings. The van der Waals surface area contributed by atoms with Crippen molar-refractivity contribution in [2.75, 3.05) is 19.0 Å². The highest BCUT2D eigenvalue weighted by Crippen LogP contribution is 2.39. The van der Waals surface area contributed by atoms with Gasteiger partial charge in [0.15, 0.2) is 5.82 Å². The standard InChI is InChI=1S/C14H19N3OS/c1-4-15-13-11-9-6-5-7-10(9)19-14(11)17-12(16-13)8(2)18-3/h8H,4-7H2,1-3H3,(H,15,16,17). The van der Waals surface area contributed by atoms with Gasteiger partial charge in [0.2, 0.25) is 0 Å². The summed E-state index contributed by atoms with van der Waals surface area (Å²) in [5, 5.41) is 4.63. The number of methoxy groups -OCH3 is 1. The van der Waals surface area contributed by atoms with Crippen molar-refractivity contribution in [1.29, 1.82) is 0 Å². The van der Waals surface area contributed by atoms with E-state index < -0.39 is 0 Å². The molecule has 0 aliphatic heterocycles. The largest absolute Gasteiger partial charge is 0.374 e. The summed E-state index contributed by atoms with van der Waals surface area (Å²) in [5.74, 6) is 1.75. The summed E-state index contributed by atoms with van der Waals surface area (Å²) in [6.45, 7) is 4.95. The molecule has 0 radical (unpaired) electrons. The molecule has 0 amide bonds. The van der Waals surface area contributed by atoms with Gasteiger partial charge in [0.25, 0.3) is 0 Å². The lowest BCUT2D eigenvalue weighted by molar-refractivity contribution is 0.112. The van der Waals surface area contributed by atoms with Crippen LogP contribution in [0.5, 0.6) is 0 Å². The fourth-order valence-electron chi connectivity index (χ4n) is 2.59. The topological polar surface area (TPSA) is 47.0 Å². The van der Waals surface area contributed by atoms with E-state index in [0.29, 0.717) is 0 Å². The number of hydrogen-bond donors (Lipinski definition) is 1. The van der Waals surface area contributed by atoms with E-state index in [9.17, 15) is 0 Å². The van der Waals surface area contributed by atoms with Gasteiger partial charge in [-0.25, -0.2) is 9.97 Å². The second kappa shape index (κ2) is 5.06. The Labute approximate surface area is 117 Å². The summed E-state index contributed by atoms with van der Waals surface area (Å²) in [6, 6.07) is 0. The van der Waals surface area contributed by atoms with Crippen LogP contribution in [-0.4, -0.2) is 23.6 Å². The molecule has 0 fully saturated rings. The van der Waals surface area contributed by atoms with E-state index in [4.69, 9.17) is 9.72 Å². The number of aromatic nitrogens is 2. The van der Waals surface area contributed by atoms with Crippen LogP contribution in [0.4, 0.5) is 5.82 Å². The van der Waals surface area contributed by atoms with Gasteiger partial charge in [-0.2, -0.15) is 0 Å². The van der Waals surface area contributed by atoms with Gasteiger partial charge in [-0.1, -0.05) is 0 Å². The fourth-order valence-corrected chi connectivity index (χ4v) is 3.86. The van der Waals surface area contributed by atoms with Gasteiger partial charge in [-0.05, 0) is 38.7 Å². The van der Waals surface area contributed by atoms with Gasteiger partial charge in [0.05, 0.1) is 5.39 Å². The number of ether oxygens (including phenoxy) is 1. The molecule has 1 atom stereocenters. The molecule has 5 heteroatoms. The SMILES string of the molecule is CCNc1nc(C(C)OC)nc2sc3c(c12)CCC3. The van der Waals surface area contributed by atoms with Crippen molar-refractivity contribution in [1.82, 2.24) is 9.97 Å². The second-order valence-corrected chi connectivity index (χ2v) is 5.96. The van der Waals surface area contributed by atoms with Crippen LogP contribution < -0.4 is 5.32 Å². The maximum absolute atomic E-state index is 5.35. The molecule has 0 aromatic carbocycles. The third kappa shape index (κ3) is 2.11. The van der Waals surface area contributed by atoms with Gasteiger partial charge < -0.3 is 10.1 Å². The smallest absolute Gasteiger partial charge is 0.160 e. The van der Waals surface area contributed by atoms with Crippen LogP contribution in [0.3, 0.4) is 0 Å². The highest BCUT2D eigenvalue weighted by atomic mass is 32.1. The van der Waals surface area contributed by atoms with E-state index in [1.165, 1.54) is 28.7 Å². The van der Waals surface area contributed by atoms with Crippen LogP contribution >= 0.6 is 11.3 Å². The van der Waals surface area contributed by atoms with Crippen molar-refractivity contribution in [3.05, 3.63) is 16.3 Å². The van der Waals surface area contributed by atoms with Crippen LogP contribution in [0.15, 0.2) is 0 Å². The lowest BCUT2D eigenvalue weighted by Crippen LogP contribution is -2.07. The van der Waals surface area contributed by atoms with E-state index in [1.807, 2.05) is 18.3 Å². The lowest BCUT2D eigenvalue weighted by atomic mass is 10.2. The van der Waals surface area contributed by atoms with Crippen molar-refractivity contribution in [2.45, 2.75) is 39.2 Å². The van der Waals surface area contributed by atoms with Crippen molar-refractivity contribution >= 4 is 27.4 Å². The van der Waals surface area contributed by atoms with Gasteiger partial charge in [-0.3, -0.25) is 0 Å². The van der Waals surface area contributed by atoms with Gasteiger partial charge in [0, 0.05) is 18.5 Å². The minimum Gasteiger partial charge on any atom is -0.374 e. The Kier molecular flexibility index (Phi) is 3.41. The maximum Gasteiger partial charge on any atom is 0.160 e. The number of hydrogen-bond acceptors (Lipinski definition) is 5. The molecule has 1 aliphatic rings. The first-order chi connectivity index (χ1) is 9.24. The monoisotopic (exact) mass is 277 g/mol. The minimum atomic E-state index is -0.0706. The molecule has 0 spiro atoms. The highest BCUT2D eigenvalue weighted by molar-refractivity contribution is 7.19. The Balaban J connectivity index is 2.19. The molecule has 0 bridgehead atoms. The quantitative estimate of drug-likeness (QED) is 0.931. The van der Waals surface area contributed by atoms with E-state index in [2.05, 4.69) is 17.2 Å². The number of fused-ring (bicyclic) bond motifs is 3. The third-order valence-electron chi connectivity index (χ3n) is 3.64. The van der Waals surface area contributed by atoms with Crippen molar-refractivity contribution in [2.24, 2.45) is 0 Å². The molecular formula is C14H19N3OS. The zero-order valence-electron chi connectivity index (χ0n) is 11.6. The van der Waals surface area contributed by atoms with Crippen LogP contribution in [-0.2, 0) is 17.6 Å². The van der Waals surface area contributed by atoms with Gasteiger partial charge in [-0.15, -0.1) is 11.3 Å². The average molecular weight is 277 g/mol. The lowest BCUT2D eigenvalue weighted by Gasteiger charge is -2.12. The Bertz CT molecular complexity index is 608. The predicted molar refractivity (Wildman–Crippen MR) is 79.0 cm³/mol. The molecule has 3 rings (SSSR count). The van der Waals surface area contributed by atoms with Crippen LogP contribution in [0, 0.1) is 0 Å². The summed E-state index contributed by atoms with van der Waals surface area (Å²) < 4.78 is 5.35. The van der Waals surface area contributed by atoms with Crippen LogP contribution in [0.1, 0.15) is 42.6 Å². The summed E-state index contributed by atoms with van der Waals surface area (Å²) >= 11 is 1.82. The van der Waals surface area contributed by atoms with Crippen molar-refractivity contribution < 1.29 is 4.74 Å². The first-order valence-electron chi connectivity index (χ1n) is 6.83. The Morgan fingerprint density at radius 1 is 1.37 bits per heavy atom. The third-order valence-corrected chi connectivity index (χ3v) is 4.83. The number of rotatable bonds is 4. The fraction of sp³-hybridized carbons (Fsp3) is 0.571. The molecule has 102 valence electrons. The minimum absolute atomic E-state index is 0.0706. The number of aryl methyl sites for hydroxylation is 2. The maximum atomic E-state index is 5.35. The number of thiophene rings is 1. The van der Waals surface area contributed by atoms with Crippen molar-refractivity contribution in [3.8, 4) is 0 Å². The van der Waals surface area contributed by atoms with Crippen molar-refractivity contribution in [3.63, 3.8) is 0 Å². The summed E-state index contributed by atoms with van der Waals surface area (Å²) in [4.78, 5) is 12.0. The Morgan fingerprint density at radius 3 is 2.95 bits per heavy atom. The molecule has 2 heterocycles.